The van der Waals surface area contributed by atoms with E-state index in [1.165, 1.54) is 5.56 Å². The van der Waals surface area contributed by atoms with E-state index in [4.69, 9.17) is 4.74 Å². The van der Waals surface area contributed by atoms with Crippen LogP contribution in [0.4, 0.5) is 5.69 Å². The minimum Gasteiger partial charge on any atom is -0.497 e. The van der Waals surface area contributed by atoms with Crippen molar-refractivity contribution in [3.8, 4) is 17.0 Å². The van der Waals surface area contributed by atoms with Crippen molar-refractivity contribution in [1.29, 1.82) is 0 Å². The van der Waals surface area contributed by atoms with Crippen molar-refractivity contribution >= 4 is 39.1 Å². The van der Waals surface area contributed by atoms with Crippen LogP contribution in [0.1, 0.15) is 22.2 Å². The van der Waals surface area contributed by atoms with Gasteiger partial charge < -0.3 is 9.64 Å². The van der Waals surface area contributed by atoms with Gasteiger partial charge >= 0.3 is 0 Å². The van der Waals surface area contributed by atoms with E-state index in [2.05, 4.69) is 38.5 Å². The van der Waals surface area contributed by atoms with Crippen molar-refractivity contribution in [1.82, 2.24) is 9.59 Å². The van der Waals surface area contributed by atoms with Gasteiger partial charge in [-0.25, -0.2) is 0 Å². The van der Waals surface area contributed by atoms with Crippen molar-refractivity contribution in [3.05, 3.63) is 57.4 Å². The van der Waals surface area contributed by atoms with Crippen molar-refractivity contribution in [2.75, 3.05) is 12.0 Å². The fraction of sp³-hybridized carbons (Fsp3) is 0.211. The van der Waals surface area contributed by atoms with Crippen molar-refractivity contribution in [3.63, 3.8) is 0 Å². The molecule has 0 saturated heterocycles. The molecule has 1 aliphatic rings. The van der Waals surface area contributed by atoms with Gasteiger partial charge in [0.2, 0.25) is 0 Å². The van der Waals surface area contributed by atoms with Gasteiger partial charge in [0.25, 0.3) is 5.91 Å². The zero-order valence-corrected chi connectivity index (χ0v) is 16.7. The summed E-state index contributed by atoms with van der Waals surface area (Å²) in [6.07, 6.45) is 0.838. The van der Waals surface area contributed by atoms with Gasteiger partial charge in [-0.3, -0.25) is 4.79 Å². The topological polar surface area (TPSA) is 55.3 Å². The molecule has 1 aromatic heterocycles. The maximum absolute atomic E-state index is 13.3. The number of carbonyl (C=O) groups is 1. The summed E-state index contributed by atoms with van der Waals surface area (Å²) in [5, 5.41) is 4.20. The normalized spacial score (nSPS) is 15.8. The first kappa shape index (κ1) is 17.2. The molecule has 0 N–H and O–H groups in total. The quantitative estimate of drug-likeness (QED) is 0.611. The number of rotatable bonds is 3. The Morgan fingerprint density at radius 2 is 2.04 bits per heavy atom. The van der Waals surface area contributed by atoms with Gasteiger partial charge in [0.05, 0.1) is 7.11 Å². The number of carbonyl (C=O) groups excluding carboxylic acids is 1. The molecule has 1 aliphatic heterocycles. The SMILES string of the molecule is COc1ccc(-c2nnsc2C(=O)N2c3ccc(Br)cc3CC2C)cc1. The van der Waals surface area contributed by atoms with Crippen LogP contribution in [0.5, 0.6) is 5.75 Å². The molecule has 0 radical (unpaired) electrons. The van der Waals surface area contributed by atoms with Crippen LogP contribution in [-0.4, -0.2) is 28.6 Å². The lowest BCUT2D eigenvalue weighted by Crippen LogP contribution is -2.35. The summed E-state index contributed by atoms with van der Waals surface area (Å²) in [5.74, 6) is 0.705. The Morgan fingerprint density at radius 3 is 2.77 bits per heavy atom. The highest BCUT2D eigenvalue weighted by Crippen LogP contribution is 2.37. The zero-order chi connectivity index (χ0) is 18.3. The minimum absolute atomic E-state index is 0.0561. The summed E-state index contributed by atoms with van der Waals surface area (Å²) < 4.78 is 10.3. The summed E-state index contributed by atoms with van der Waals surface area (Å²) in [5.41, 5.74) is 3.59. The maximum Gasteiger partial charge on any atom is 0.272 e. The lowest BCUT2D eigenvalue weighted by molar-refractivity contribution is 0.0986. The van der Waals surface area contributed by atoms with Gasteiger partial charge in [0, 0.05) is 21.8 Å². The second kappa shape index (κ2) is 6.81. The average molecular weight is 430 g/mol. The number of methoxy groups -OCH3 is 1. The summed E-state index contributed by atoms with van der Waals surface area (Å²) in [7, 11) is 1.62. The predicted octanol–water partition coefficient (Wildman–Crippen LogP) is 4.57. The summed E-state index contributed by atoms with van der Waals surface area (Å²) in [6, 6.07) is 13.6. The van der Waals surface area contributed by atoms with E-state index in [9.17, 15) is 4.79 Å². The van der Waals surface area contributed by atoms with Crippen LogP contribution in [0.3, 0.4) is 0 Å². The van der Waals surface area contributed by atoms with E-state index in [-0.39, 0.29) is 11.9 Å². The lowest BCUT2D eigenvalue weighted by Gasteiger charge is -2.22. The average Bonchev–Trinajstić information content (AvgIpc) is 3.25. The molecule has 2 aromatic carbocycles. The Hall–Kier alpha value is -2.25. The minimum atomic E-state index is -0.0561. The number of benzene rings is 2. The molecule has 0 bridgehead atoms. The molecular weight excluding hydrogens is 414 g/mol. The number of amides is 1. The first-order chi connectivity index (χ1) is 12.6. The highest BCUT2D eigenvalue weighted by atomic mass is 79.9. The first-order valence-electron chi connectivity index (χ1n) is 8.17. The highest BCUT2D eigenvalue weighted by molar-refractivity contribution is 9.10. The number of fused-ring (bicyclic) bond motifs is 1. The molecular formula is C19H16BrN3O2S. The highest BCUT2D eigenvalue weighted by Gasteiger charge is 2.34. The largest absolute Gasteiger partial charge is 0.497 e. The number of hydrogen-bond donors (Lipinski definition) is 0. The number of anilines is 1. The third-order valence-corrected chi connectivity index (χ3v) is 5.73. The predicted molar refractivity (Wildman–Crippen MR) is 106 cm³/mol. The molecule has 5 nitrogen and oxygen atoms in total. The standard InChI is InChI=1S/C19H16BrN3O2S/c1-11-9-13-10-14(20)5-8-16(13)23(11)19(24)18-17(21-22-26-18)12-3-6-15(25-2)7-4-12/h3-8,10-11H,9H2,1-2H3. The molecule has 0 spiro atoms. The molecule has 4 rings (SSSR count). The van der Waals surface area contributed by atoms with Crippen molar-refractivity contribution < 1.29 is 9.53 Å². The van der Waals surface area contributed by atoms with E-state index < -0.39 is 0 Å². The lowest BCUT2D eigenvalue weighted by atomic mass is 10.1. The molecule has 0 fully saturated rings. The Kier molecular flexibility index (Phi) is 4.50. The number of halogens is 1. The first-order valence-corrected chi connectivity index (χ1v) is 9.74. The molecule has 132 valence electrons. The van der Waals surface area contributed by atoms with Gasteiger partial charge in [-0.05, 0) is 72.9 Å². The van der Waals surface area contributed by atoms with E-state index in [0.717, 1.165) is 39.4 Å². The molecule has 7 heteroatoms. The van der Waals surface area contributed by atoms with Gasteiger partial charge in [0.15, 0.2) is 0 Å². The summed E-state index contributed by atoms with van der Waals surface area (Å²) >= 11 is 4.64. The Morgan fingerprint density at radius 1 is 1.27 bits per heavy atom. The van der Waals surface area contributed by atoms with Crippen molar-refractivity contribution in [2.45, 2.75) is 19.4 Å². The van der Waals surface area contributed by atoms with Crippen LogP contribution in [0.2, 0.25) is 0 Å². The number of aromatic nitrogens is 2. The Balaban J connectivity index is 1.71. The number of nitrogens with zero attached hydrogens (tertiary/aromatic N) is 3. The van der Waals surface area contributed by atoms with E-state index in [1.807, 2.05) is 41.3 Å². The summed E-state index contributed by atoms with van der Waals surface area (Å²) in [6.45, 7) is 2.06. The number of ether oxygens (including phenoxy) is 1. The van der Waals surface area contributed by atoms with Crippen LogP contribution in [0.25, 0.3) is 11.3 Å². The van der Waals surface area contributed by atoms with E-state index in [0.29, 0.717) is 10.6 Å². The zero-order valence-electron chi connectivity index (χ0n) is 14.3. The maximum atomic E-state index is 13.3. The summed E-state index contributed by atoms with van der Waals surface area (Å²) in [4.78, 5) is 15.7. The van der Waals surface area contributed by atoms with Gasteiger partial charge in [-0.1, -0.05) is 20.4 Å². The smallest absolute Gasteiger partial charge is 0.272 e. The Bertz CT molecular complexity index is 971. The van der Waals surface area contributed by atoms with Gasteiger partial charge in [-0.15, -0.1) is 5.10 Å². The molecule has 0 saturated carbocycles. The van der Waals surface area contributed by atoms with Crippen molar-refractivity contribution in [2.24, 2.45) is 0 Å². The molecule has 1 amide bonds. The molecule has 3 aromatic rings. The third-order valence-electron chi connectivity index (χ3n) is 4.52. The van der Waals surface area contributed by atoms with Crippen LogP contribution in [-0.2, 0) is 6.42 Å². The van der Waals surface area contributed by atoms with Gasteiger partial charge in [0.1, 0.15) is 16.3 Å². The fourth-order valence-electron chi connectivity index (χ4n) is 3.29. The van der Waals surface area contributed by atoms with Crippen LogP contribution < -0.4 is 9.64 Å². The third kappa shape index (κ3) is 2.91. The monoisotopic (exact) mass is 429 g/mol. The molecule has 1 atom stereocenters. The fourth-order valence-corrected chi connectivity index (χ4v) is 4.32. The molecule has 26 heavy (non-hydrogen) atoms. The number of hydrogen-bond acceptors (Lipinski definition) is 5. The van der Waals surface area contributed by atoms with Gasteiger partial charge in [-0.2, -0.15) is 0 Å². The second-order valence-corrected chi connectivity index (χ2v) is 7.85. The van der Waals surface area contributed by atoms with Crippen LogP contribution in [0.15, 0.2) is 46.9 Å². The molecule has 2 heterocycles. The van der Waals surface area contributed by atoms with E-state index in [1.54, 1.807) is 7.11 Å². The van der Waals surface area contributed by atoms with E-state index >= 15 is 0 Å². The van der Waals surface area contributed by atoms with Crippen LogP contribution >= 0.6 is 27.5 Å². The van der Waals surface area contributed by atoms with Crippen LogP contribution in [0, 0.1) is 0 Å². The molecule has 1 unspecified atom stereocenters. The molecule has 0 aliphatic carbocycles. The Labute approximate surface area is 163 Å². The second-order valence-electron chi connectivity index (χ2n) is 6.18.